The van der Waals surface area contributed by atoms with Crippen molar-refractivity contribution < 1.29 is 19.0 Å². The molecule has 208 valence electrons. The molecular formula is C32H34BrN3O4. The van der Waals surface area contributed by atoms with Crippen LogP contribution in [0.25, 0.3) is 10.9 Å². The lowest BCUT2D eigenvalue weighted by molar-refractivity contribution is -0.137. The van der Waals surface area contributed by atoms with E-state index in [1.807, 2.05) is 65.6 Å². The Labute approximate surface area is 243 Å². The highest BCUT2D eigenvalue weighted by molar-refractivity contribution is 9.10. The molecule has 1 saturated heterocycles. The molecule has 2 heterocycles. The van der Waals surface area contributed by atoms with E-state index >= 15 is 0 Å². The first-order valence-corrected chi connectivity index (χ1v) is 14.2. The van der Waals surface area contributed by atoms with Gasteiger partial charge in [-0.1, -0.05) is 58.4 Å². The van der Waals surface area contributed by atoms with Crippen LogP contribution in [0, 0.1) is 0 Å². The standard InChI is InChI=1S/C32H34BrN3O4/c1-22(23-9-12-27(38-2)13-10-23)36(30(37)21-35-15-17-40-18-16-35)31(24-7-5-4-6-8-24)28-20-25-19-26(33)11-14-29(25)34-32(28)39-3/h4-14,19-20,22,31H,15-18,21H2,1-3H3/t22-,31+/m0/s1. The van der Waals surface area contributed by atoms with Gasteiger partial charge in [0.2, 0.25) is 11.8 Å². The molecule has 1 amide bonds. The van der Waals surface area contributed by atoms with Gasteiger partial charge < -0.3 is 19.1 Å². The number of fused-ring (bicyclic) bond motifs is 1. The first-order valence-electron chi connectivity index (χ1n) is 13.4. The average Bonchev–Trinajstić information content (AvgIpc) is 2.99. The number of benzene rings is 3. The molecule has 0 radical (unpaired) electrons. The van der Waals surface area contributed by atoms with Crippen LogP contribution in [0.3, 0.4) is 0 Å². The normalized spacial score (nSPS) is 15.4. The number of ether oxygens (including phenoxy) is 3. The SMILES string of the molecule is COc1ccc([C@H](C)N(C(=O)CN2CCOCC2)[C@H](c2ccccc2)c2cc3cc(Br)ccc3nc2OC)cc1. The van der Waals surface area contributed by atoms with Crippen molar-refractivity contribution in [1.29, 1.82) is 0 Å². The van der Waals surface area contributed by atoms with Gasteiger partial charge >= 0.3 is 0 Å². The largest absolute Gasteiger partial charge is 0.497 e. The molecule has 0 unspecified atom stereocenters. The van der Waals surface area contributed by atoms with Crippen molar-refractivity contribution in [2.24, 2.45) is 0 Å². The van der Waals surface area contributed by atoms with Gasteiger partial charge in [-0.2, -0.15) is 0 Å². The summed E-state index contributed by atoms with van der Waals surface area (Å²) in [7, 11) is 3.28. The Hall–Kier alpha value is -3.46. The van der Waals surface area contributed by atoms with Crippen molar-refractivity contribution in [3.8, 4) is 11.6 Å². The summed E-state index contributed by atoms with van der Waals surface area (Å²) in [6, 6.07) is 25.4. The van der Waals surface area contributed by atoms with Crippen LogP contribution in [0.4, 0.5) is 0 Å². The lowest BCUT2D eigenvalue weighted by Gasteiger charge is -2.39. The highest BCUT2D eigenvalue weighted by Gasteiger charge is 2.35. The Bertz CT molecular complexity index is 1440. The number of nitrogens with zero attached hydrogens (tertiary/aromatic N) is 3. The van der Waals surface area contributed by atoms with Crippen LogP contribution in [0.15, 0.2) is 83.3 Å². The highest BCUT2D eigenvalue weighted by Crippen LogP contribution is 2.40. The van der Waals surface area contributed by atoms with Crippen LogP contribution in [0.5, 0.6) is 11.6 Å². The van der Waals surface area contributed by atoms with Gasteiger partial charge in [0.15, 0.2) is 0 Å². The molecule has 40 heavy (non-hydrogen) atoms. The van der Waals surface area contributed by atoms with E-state index in [1.54, 1.807) is 14.2 Å². The third-order valence-electron chi connectivity index (χ3n) is 7.42. The molecule has 3 aromatic carbocycles. The second-order valence-electron chi connectivity index (χ2n) is 9.88. The molecule has 1 aromatic heterocycles. The first kappa shape index (κ1) is 28.1. The maximum Gasteiger partial charge on any atom is 0.238 e. The Balaban J connectivity index is 1.68. The van der Waals surface area contributed by atoms with Crippen molar-refractivity contribution in [2.45, 2.75) is 19.0 Å². The minimum atomic E-state index is -0.447. The van der Waals surface area contributed by atoms with Gasteiger partial charge in [0.05, 0.1) is 51.6 Å². The molecule has 4 aromatic rings. The fourth-order valence-corrected chi connectivity index (χ4v) is 5.67. The van der Waals surface area contributed by atoms with Crippen LogP contribution in [0.2, 0.25) is 0 Å². The topological polar surface area (TPSA) is 64.1 Å². The van der Waals surface area contributed by atoms with Crippen LogP contribution in [-0.2, 0) is 9.53 Å². The van der Waals surface area contributed by atoms with Crippen LogP contribution in [-0.4, -0.2) is 67.8 Å². The number of morpholine rings is 1. The molecule has 0 N–H and O–H groups in total. The lowest BCUT2D eigenvalue weighted by Crippen LogP contribution is -2.47. The lowest BCUT2D eigenvalue weighted by atomic mass is 9.93. The van der Waals surface area contributed by atoms with Gasteiger partial charge in [-0.25, -0.2) is 4.98 Å². The number of pyridine rings is 1. The fourth-order valence-electron chi connectivity index (χ4n) is 5.29. The quantitative estimate of drug-likeness (QED) is 0.233. The summed E-state index contributed by atoms with van der Waals surface area (Å²) in [5.74, 6) is 1.29. The Morgan fingerprint density at radius 1 is 0.975 bits per heavy atom. The van der Waals surface area contributed by atoms with E-state index < -0.39 is 6.04 Å². The molecule has 7 nitrogen and oxygen atoms in total. The van der Waals surface area contributed by atoms with Gasteiger partial charge in [0, 0.05) is 28.5 Å². The number of amides is 1. The van der Waals surface area contributed by atoms with E-state index in [4.69, 9.17) is 19.2 Å². The third-order valence-corrected chi connectivity index (χ3v) is 7.91. The monoisotopic (exact) mass is 603 g/mol. The molecule has 0 aliphatic carbocycles. The number of rotatable bonds is 9. The number of aromatic nitrogens is 1. The molecule has 1 aliphatic rings. The van der Waals surface area contributed by atoms with Crippen molar-refractivity contribution in [2.75, 3.05) is 47.1 Å². The summed E-state index contributed by atoms with van der Waals surface area (Å²) in [6.45, 7) is 5.07. The van der Waals surface area contributed by atoms with E-state index in [0.717, 1.165) is 50.9 Å². The fraction of sp³-hybridized carbons (Fsp3) is 0.312. The van der Waals surface area contributed by atoms with E-state index in [2.05, 4.69) is 46.0 Å². The zero-order valence-electron chi connectivity index (χ0n) is 23.0. The van der Waals surface area contributed by atoms with E-state index in [9.17, 15) is 4.79 Å². The van der Waals surface area contributed by atoms with Crippen LogP contribution < -0.4 is 9.47 Å². The predicted molar refractivity (Wildman–Crippen MR) is 160 cm³/mol. The molecule has 5 rings (SSSR count). The number of carbonyl (C=O) groups is 1. The van der Waals surface area contributed by atoms with Crippen molar-refractivity contribution in [3.63, 3.8) is 0 Å². The second kappa shape index (κ2) is 12.8. The maximum absolute atomic E-state index is 14.4. The number of hydrogen-bond acceptors (Lipinski definition) is 6. The van der Waals surface area contributed by atoms with Gasteiger partial charge in [0.1, 0.15) is 5.75 Å². The van der Waals surface area contributed by atoms with E-state index in [1.165, 1.54) is 0 Å². The first-order chi connectivity index (χ1) is 19.5. The molecule has 8 heteroatoms. The zero-order chi connectivity index (χ0) is 28.1. The number of hydrogen-bond donors (Lipinski definition) is 0. The Morgan fingerprint density at radius 3 is 2.38 bits per heavy atom. The molecule has 0 spiro atoms. The summed E-state index contributed by atoms with van der Waals surface area (Å²) in [5, 5.41) is 0.962. The number of carbonyl (C=O) groups excluding carboxylic acids is 1. The van der Waals surface area contributed by atoms with Crippen LogP contribution >= 0.6 is 15.9 Å². The molecule has 1 fully saturated rings. The van der Waals surface area contributed by atoms with Crippen molar-refractivity contribution in [3.05, 3.63) is 100 Å². The summed E-state index contributed by atoms with van der Waals surface area (Å²) in [6.07, 6.45) is 0. The van der Waals surface area contributed by atoms with Crippen molar-refractivity contribution >= 4 is 32.7 Å². The number of halogens is 1. The summed E-state index contributed by atoms with van der Waals surface area (Å²) in [5.41, 5.74) is 3.64. The summed E-state index contributed by atoms with van der Waals surface area (Å²) in [4.78, 5) is 23.4. The minimum absolute atomic E-state index is 0.0236. The summed E-state index contributed by atoms with van der Waals surface area (Å²) >= 11 is 3.60. The van der Waals surface area contributed by atoms with Gasteiger partial charge in [-0.3, -0.25) is 9.69 Å². The van der Waals surface area contributed by atoms with E-state index in [0.29, 0.717) is 25.6 Å². The molecule has 0 bridgehead atoms. The molecule has 1 aliphatic heterocycles. The molecular weight excluding hydrogens is 570 g/mol. The Morgan fingerprint density at radius 2 is 1.70 bits per heavy atom. The van der Waals surface area contributed by atoms with Crippen LogP contribution in [0.1, 0.15) is 35.7 Å². The van der Waals surface area contributed by atoms with Crippen molar-refractivity contribution in [1.82, 2.24) is 14.8 Å². The second-order valence-corrected chi connectivity index (χ2v) is 10.8. The summed E-state index contributed by atoms with van der Waals surface area (Å²) < 4.78 is 17.8. The molecule has 0 saturated carbocycles. The highest BCUT2D eigenvalue weighted by atomic mass is 79.9. The van der Waals surface area contributed by atoms with Gasteiger partial charge in [-0.05, 0) is 54.4 Å². The zero-order valence-corrected chi connectivity index (χ0v) is 24.6. The minimum Gasteiger partial charge on any atom is -0.497 e. The maximum atomic E-state index is 14.4. The third kappa shape index (κ3) is 6.14. The van der Waals surface area contributed by atoms with Gasteiger partial charge in [-0.15, -0.1) is 0 Å². The van der Waals surface area contributed by atoms with E-state index in [-0.39, 0.29) is 11.9 Å². The molecule has 2 atom stereocenters. The number of methoxy groups -OCH3 is 2. The smallest absolute Gasteiger partial charge is 0.238 e. The predicted octanol–water partition coefficient (Wildman–Crippen LogP) is 6.03. The Kier molecular flexibility index (Phi) is 8.99. The average molecular weight is 605 g/mol. The van der Waals surface area contributed by atoms with Gasteiger partial charge in [0.25, 0.3) is 0 Å².